The number of methoxy groups -OCH3 is 1. The van der Waals surface area contributed by atoms with E-state index in [-0.39, 0.29) is 0 Å². The van der Waals surface area contributed by atoms with Crippen LogP contribution in [0.1, 0.15) is 18.4 Å². The van der Waals surface area contributed by atoms with Crippen molar-refractivity contribution in [1.82, 2.24) is 5.43 Å². The Morgan fingerprint density at radius 3 is 2.89 bits per heavy atom. The number of nitrogens with one attached hydrogen (secondary N) is 2. The molecule has 0 radical (unpaired) electrons. The van der Waals surface area contributed by atoms with Gasteiger partial charge in [0.05, 0.1) is 12.6 Å². The van der Waals surface area contributed by atoms with Crippen LogP contribution in [-0.4, -0.2) is 25.7 Å². The summed E-state index contributed by atoms with van der Waals surface area (Å²) < 4.78 is 5.11. The molecule has 0 aromatic heterocycles. The van der Waals surface area contributed by atoms with E-state index >= 15 is 0 Å². The van der Waals surface area contributed by atoms with Crippen LogP contribution in [-0.2, 0) is 11.2 Å². The third kappa shape index (κ3) is 3.72. The number of guanidine groups is 1. The first kappa shape index (κ1) is 12.9. The van der Waals surface area contributed by atoms with Crippen molar-refractivity contribution in [2.24, 2.45) is 10.8 Å². The van der Waals surface area contributed by atoms with Gasteiger partial charge < -0.3 is 10.1 Å². The molecule has 1 aromatic carbocycles. The Labute approximate surface area is 107 Å². The molecular weight excluding hydrogens is 228 g/mol. The van der Waals surface area contributed by atoms with Crippen LogP contribution in [0, 0.1) is 0 Å². The van der Waals surface area contributed by atoms with Gasteiger partial charge in [0.2, 0.25) is 5.96 Å². The van der Waals surface area contributed by atoms with E-state index < -0.39 is 0 Å². The van der Waals surface area contributed by atoms with Crippen molar-refractivity contribution < 1.29 is 4.74 Å². The number of hydrogen-bond acceptors (Lipinski definition) is 3. The summed E-state index contributed by atoms with van der Waals surface area (Å²) in [5.41, 5.74) is 4.83. The second-order valence-corrected chi connectivity index (χ2v) is 4.38. The molecule has 5 heteroatoms. The van der Waals surface area contributed by atoms with Crippen LogP contribution >= 0.6 is 0 Å². The molecule has 1 fully saturated rings. The first-order valence-corrected chi connectivity index (χ1v) is 6.21. The minimum Gasteiger partial charge on any atom is -0.384 e. The summed E-state index contributed by atoms with van der Waals surface area (Å²) in [6, 6.07) is 8.53. The molecule has 1 saturated carbocycles. The number of anilines is 1. The maximum atomic E-state index is 5.48. The van der Waals surface area contributed by atoms with Gasteiger partial charge in [-0.05, 0) is 30.9 Å². The second kappa shape index (κ2) is 6.37. The van der Waals surface area contributed by atoms with E-state index in [0.29, 0.717) is 18.6 Å². The number of rotatable bonds is 5. The highest BCUT2D eigenvalue weighted by atomic mass is 16.5. The van der Waals surface area contributed by atoms with Gasteiger partial charge in [0.25, 0.3) is 0 Å². The monoisotopic (exact) mass is 248 g/mol. The number of hydrazine groups is 1. The number of benzene rings is 1. The molecule has 0 aliphatic heterocycles. The summed E-state index contributed by atoms with van der Waals surface area (Å²) in [5.74, 6) is 6.11. The van der Waals surface area contributed by atoms with Gasteiger partial charge in [-0.15, -0.1) is 0 Å². The van der Waals surface area contributed by atoms with Crippen molar-refractivity contribution in [1.29, 1.82) is 0 Å². The molecule has 98 valence electrons. The largest absolute Gasteiger partial charge is 0.384 e. The third-order valence-electron chi connectivity index (χ3n) is 2.84. The molecule has 0 atom stereocenters. The Morgan fingerprint density at radius 1 is 1.44 bits per heavy atom. The number of aliphatic imine (C=N–C) groups is 1. The summed E-state index contributed by atoms with van der Waals surface area (Å²) >= 11 is 0. The first-order chi connectivity index (χ1) is 8.83. The molecule has 0 spiro atoms. The van der Waals surface area contributed by atoms with Crippen molar-refractivity contribution in [3.8, 4) is 0 Å². The van der Waals surface area contributed by atoms with Crippen LogP contribution < -0.4 is 16.6 Å². The van der Waals surface area contributed by atoms with Crippen LogP contribution in [0.5, 0.6) is 0 Å². The van der Waals surface area contributed by atoms with E-state index in [1.807, 2.05) is 18.2 Å². The maximum Gasteiger partial charge on any atom is 0.210 e. The Bertz CT molecular complexity index is 415. The maximum absolute atomic E-state index is 5.48. The van der Waals surface area contributed by atoms with Gasteiger partial charge in [-0.25, -0.2) is 10.8 Å². The highest BCUT2D eigenvalue weighted by Crippen LogP contribution is 2.24. The van der Waals surface area contributed by atoms with Gasteiger partial charge in [0.1, 0.15) is 0 Å². The zero-order valence-corrected chi connectivity index (χ0v) is 10.6. The van der Waals surface area contributed by atoms with Crippen LogP contribution in [0.15, 0.2) is 29.3 Å². The zero-order chi connectivity index (χ0) is 12.8. The minimum absolute atomic E-state index is 0.426. The molecule has 0 saturated heterocycles. The second-order valence-electron chi connectivity index (χ2n) is 4.38. The highest BCUT2D eigenvalue weighted by molar-refractivity contribution is 5.94. The molecule has 18 heavy (non-hydrogen) atoms. The Kier molecular flexibility index (Phi) is 4.55. The summed E-state index contributed by atoms with van der Waals surface area (Å²) in [6.07, 6.45) is 3.16. The first-order valence-electron chi connectivity index (χ1n) is 6.21. The van der Waals surface area contributed by atoms with Gasteiger partial charge in [-0.2, -0.15) is 0 Å². The van der Waals surface area contributed by atoms with Crippen molar-refractivity contribution in [2.45, 2.75) is 25.3 Å². The molecule has 0 heterocycles. The highest BCUT2D eigenvalue weighted by Gasteiger charge is 2.21. The fraction of sp³-hybridized carbons (Fsp3) is 0.462. The molecule has 4 N–H and O–H groups in total. The third-order valence-corrected chi connectivity index (χ3v) is 2.84. The quantitative estimate of drug-likeness (QED) is 0.317. The normalized spacial score (nSPS) is 15.6. The predicted octanol–water partition coefficient (Wildman–Crippen LogP) is 1.27. The Morgan fingerprint density at radius 2 is 2.22 bits per heavy atom. The number of para-hydroxylation sites is 1. The summed E-state index contributed by atoms with van der Waals surface area (Å²) in [7, 11) is 1.71. The molecule has 0 unspecified atom stereocenters. The van der Waals surface area contributed by atoms with E-state index in [4.69, 9.17) is 10.6 Å². The summed E-state index contributed by atoms with van der Waals surface area (Å²) in [4.78, 5) is 4.46. The van der Waals surface area contributed by atoms with Gasteiger partial charge in [-0.3, -0.25) is 5.43 Å². The molecular formula is C13H20N4O. The van der Waals surface area contributed by atoms with Gasteiger partial charge in [0.15, 0.2) is 0 Å². The van der Waals surface area contributed by atoms with Gasteiger partial charge in [-0.1, -0.05) is 18.2 Å². The van der Waals surface area contributed by atoms with Gasteiger partial charge >= 0.3 is 0 Å². The Hall–Kier alpha value is -1.59. The standard InChI is InChI=1S/C13H20N4O/c1-18-9-8-10-4-2-3-5-12(10)16-13(17-14)15-11-6-7-11/h2-5,11H,6-9,14H2,1H3,(H2,15,16,17). The van der Waals surface area contributed by atoms with Gasteiger partial charge in [0, 0.05) is 12.8 Å². The molecule has 5 nitrogen and oxygen atoms in total. The van der Waals surface area contributed by atoms with Crippen LogP contribution in [0.2, 0.25) is 0 Å². The SMILES string of the molecule is COCCc1ccccc1NC(=NC1CC1)NN. The van der Waals surface area contributed by atoms with Crippen LogP contribution in [0.4, 0.5) is 5.69 Å². The molecule has 1 aromatic rings. The van der Waals surface area contributed by atoms with E-state index in [2.05, 4.69) is 21.8 Å². The lowest BCUT2D eigenvalue weighted by molar-refractivity contribution is 0.202. The fourth-order valence-electron chi connectivity index (χ4n) is 1.69. The fourth-order valence-corrected chi connectivity index (χ4v) is 1.69. The zero-order valence-electron chi connectivity index (χ0n) is 10.6. The molecule has 1 aliphatic rings. The van der Waals surface area contributed by atoms with E-state index in [1.165, 1.54) is 5.56 Å². The number of ether oxygens (including phenoxy) is 1. The lowest BCUT2D eigenvalue weighted by Gasteiger charge is -2.13. The van der Waals surface area contributed by atoms with Crippen molar-refractivity contribution in [3.63, 3.8) is 0 Å². The minimum atomic E-state index is 0.426. The van der Waals surface area contributed by atoms with Crippen LogP contribution in [0.3, 0.4) is 0 Å². The van der Waals surface area contributed by atoms with Crippen molar-refractivity contribution in [2.75, 3.05) is 19.0 Å². The molecule has 0 bridgehead atoms. The van der Waals surface area contributed by atoms with E-state index in [1.54, 1.807) is 7.11 Å². The Balaban J connectivity index is 2.06. The van der Waals surface area contributed by atoms with Crippen molar-refractivity contribution in [3.05, 3.63) is 29.8 Å². The average Bonchev–Trinajstić information content (AvgIpc) is 3.21. The summed E-state index contributed by atoms with van der Waals surface area (Å²) in [6.45, 7) is 0.698. The smallest absolute Gasteiger partial charge is 0.210 e. The molecule has 2 rings (SSSR count). The number of nitrogens with two attached hydrogens (primary N) is 1. The molecule has 0 amide bonds. The van der Waals surface area contributed by atoms with E-state index in [9.17, 15) is 0 Å². The van der Waals surface area contributed by atoms with Crippen molar-refractivity contribution >= 4 is 11.6 Å². The lowest BCUT2D eigenvalue weighted by atomic mass is 10.1. The number of nitrogens with zero attached hydrogens (tertiary/aromatic N) is 1. The lowest BCUT2D eigenvalue weighted by Crippen LogP contribution is -2.36. The average molecular weight is 248 g/mol. The summed E-state index contributed by atoms with van der Waals surface area (Å²) in [5, 5.41) is 3.24. The molecule has 1 aliphatic carbocycles. The van der Waals surface area contributed by atoms with E-state index in [0.717, 1.165) is 24.9 Å². The predicted molar refractivity (Wildman–Crippen MR) is 73.4 cm³/mol. The number of hydrogen-bond donors (Lipinski definition) is 3. The van der Waals surface area contributed by atoms with Crippen LogP contribution in [0.25, 0.3) is 0 Å². The topological polar surface area (TPSA) is 71.7 Å².